The number of carbonyl (C=O) groups is 1. The zero-order valence-electron chi connectivity index (χ0n) is 16.6. The molecule has 0 saturated carbocycles. The van der Waals surface area contributed by atoms with E-state index in [0.29, 0.717) is 23.8 Å². The molecule has 0 saturated heterocycles. The van der Waals surface area contributed by atoms with E-state index < -0.39 is 6.10 Å². The molecule has 0 aliphatic heterocycles. The highest BCUT2D eigenvalue weighted by atomic mass is 16.5. The van der Waals surface area contributed by atoms with E-state index in [9.17, 15) is 4.79 Å². The third-order valence-electron chi connectivity index (χ3n) is 4.65. The summed E-state index contributed by atoms with van der Waals surface area (Å²) >= 11 is 0. The van der Waals surface area contributed by atoms with E-state index in [2.05, 4.69) is 0 Å². The van der Waals surface area contributed by atoms with Gasteiger partial charge in [-0.3, -0.25) is 4.79 Å². The van der Waals surface area contributed by atoms with Gasteiger partial charge >= 0.3 is 0 Å². The molecular formula is C23H25NO4. The third kappa shape index (κ3) is 4.19. The molecule has 0 aromatic heterocycles. The van der Waals surface area contributed by atoms with Crippen LogP contribution in [0.5, 0.6) is 17.2 Å². The highest BCUT2D eigenvalue weighted by Gasteiger charge is 2.20. The second kappa shape index (κ2) is 8.65. The Kier molecular flexibility index (Phi) is 6.04. The summed E-state index contributed by atoms with van der Waals surface area (Å²) in [6.07, 6.45) is -0.601. The van der Waals surface area contributed by atoms with E-state index in [1.165, 1.54) is 0 Å². The lowest BCUT2D eigenvalue weighted by Crippen LogP contribution is -2.37. The van der Waals surface area contributed by atoms with E-state index in [1.807, 2.05) is 60.7 Å². The van der Waals surface area contributed by atoms with Gasteiger partial charge in [-0.1, -0.05) is 42.5 Å². The fraction of sp³-hybridized carbons (Fsp3) is 0.261. The van der Waals surface area contributed by atoms with Crippen molar-refractivity contribution in [3.05, 3.63) is 66.2 Å². The fourth-order valence-corrected chi connectivity index (χ4v) is 3.18. The summed E-state index contributed by atoms with van der Waals surface area (Å²) in [5.74, 6) is 1.91. The van der Waals surface area contributed by atoms with Crippen LogP contribution >= 0.6 is 0 Å². The first kappa shape index (κ1) is 19.5. The van der Waals surface area contributed by atoms with Crippen molar-refractivity contribution in [1.29, 1.82) is 0 Å². The zero-order chi connectivity index (χ0) is 20.1. The molecule has 3 rings (SSSR count). The van der Waals surface area contributed by atoms with Gasteiger partial charge in [0.15, 0.2) is 17.6 Å². The minimum atomic E-state index is -0.601. The van der Waals surface area contributed by atoms with E-state index in [4.69, 9.17) is 14.2 Å². The van der Waals surface area contributed by atoms with Gasteiger partial charge in [0.05, 0.1) is 14.2 Å². The van der Waals surface area contributed by atoms with Crippen LogP contribution in [0.2, 0.25) is 0 Å². The molecule has 3 aromatic carbocycles. The van der Waals surface area contributed by atoms with Crippen LogP contribution in [0.15, 0.2) is 60.7 Å². The van der Waals surface area contributed by atoms with Crippen LogP contribution in [0.1, 0.15) is 12.5 Å². The molecule has 0 bridgehead atoms. The Morgan fingerprint density at radius 3 is 2.39 bits per heavy atom. The van der Waals surface area contributed by atoms with Crippen molar-refractivity contribution in [2.75, 3.05) is 21.3 Å². The highest BCUT2D eigenvalue weighted by Crippen LogP contribution is 2.28. The van der Waals surface area contributed by atoms with Crippen molar-refractivity contribution < 1.29 is 19.0 Å². The lowest BCUT2D eigenvalue weighted by Gasteiger charge is -2.23. The standard InChI is InChI=1S/C23H25NO4/c1-16(28-20-11-7-9-18-8-5-6-10-19(18)20)23(25)24(2)15-17-12-13-21(26-3)22(14-17)27-4/h5-14,16H,15H2,1-4H3/t16-/m0/s1. The second-order valence-electron chi connectivity index (χ2n) is 6.62. The minimum Gasteiger partial charge on any atom is -0.493 e. The zero-order valence-corrected chi connectivity index (χ0v) is 16.6. The van der Waals surface area contributed by atoms with Gasteiger partial charge in [0.1, 0.15) is 5.75 Å². The molecule has 3 aromatic rings. The number of benzene rings is 3. The molecule has 0 aliphatic rings. The molecule has 0 aliphatic carbocycles. The molecule has 1 amide bonds. The van der Waals surface area contributed by atoms with Gasteiger partial charge in [-0.15, -0.1) is 0 Å². The molecule has 146 valence electrons. The van der Waals surface area contributed by atoms with Crippen LogP contribution in [0.25, 0.3) is 10.8 Å². The molecule has 0 fully saturated rings. The number of hydrogen-bond acceptors (Lipinski definition) is 4. The molecule has 0 heterocycles. The summed E-state index contributed by atoms with van der Waals surface area (Å²) in [5.41, 5.74) is 0.950. The van der Waals surface area contributed by atoms with Crippen LogP contribution in [0.3, 0.4) is 0 Å². The minimum absolute atomic E-state index is 0.0947. The van der Waals surface area contributed by atoms with Crippen LogP contribution in [-0.2, 0) is 11.3 Å². The average molecular weight is 379 g/mol. The van der Waals surface area contributed by atoms with Gasteiger partial charge in [-0.2, -0.15) is 0 Å². The second-order valence-corrected chi connectivity index (χ2v) is 6.62. The van der Waals surface area contributed by atoms with Gasteiger partial charge < -0.3 is 19.1 Å². The van der Waals surface area contributed by atoms with Crippen molar-refractivity contribution in [3.8, 4) is 17.2 Å². The first-order valence-electron chi connectivity index (χ1n) is 9.13. The summed E-state index contributed by atoms with van der Waals surface area (Å²) < 4.78 is 16.6. The van der Waals surface area contributed by atoms with Crippen molar-refractivity contribution in [2.24, 2.45) is 0 Å². The Morgan fingerprint density at radius 2 is 1.64 bits per heavy atom. The third-order valence-corrected chi connectivity index (χ3v) is 4.65. The Labute approximate surface area is 165 Å². The summed E-state index contributed by atoms with van der Waals surface area (Å²) in [6, 6.07) is 19.4. The molecule has 0 spiro atoms. The summed E-state index contributed by atoms with van der Waals surface area (Å²) in [5, 5.41) is 2.07. The number of rotatable bonds is 7. The van der Waals surface area contributed by atoms with Crippen molar-refractivity contribution in [2.45, 2.75) is 19.6 Å². The van der Waals surface area contributed by atoms with Gasteiger partial charge in [-0.05, 0) is 36.1 Å². The van der Waals surface area contributed by atoms with E-state index >= 15 is 0 Å². The van der Waals surface area contributed by atoms with Gasteiger partial charge in [-0.25, -0.2) is 0 Å². The van der Waals surface area contributed by atoms with Crippen molar-refractivity contribution in [1.82, 2.24) is 4.90 Å². The molecule has 28 heavy (non-hydrogen) atoms. The number of methoxy groups -OCH3 is 2. The summed E-state index contributed by atoms with van der Waals surface area (Å²) in [7, 11) is 4.96. The van der Waals surface area contributed by atoms with Crippen LogP contribution in [0.4, 0.5) is 0 Å². The SMILES string of the molecule is COc1ccc(CN(C)C(=O)[C@H](C)Oc2cccc3ccccc23)cc1OC. The van der Waals surface area contributed by atoms with E-state index in [-0.39, 0.29) is 5.91 Å². The lowest BCUT2D eigenvalue weighted by molar-refractivity contribution is -0.137. The highest BCUT2D eigenvalue weighted by molar-refractivity contribution is 5.89. The molecule has 5 heteroatoms. The van der Waals surface area contributed by atoms with Crippen molar-refractivity contribution in [3.63, 3.8) is 0 Å². The molecule has 5 nitrogen and oxygen atoms in total. The first-order chi connectivity index (χ1) is 13.5. The maximum atomic E-state index is 12.8. The largest absolute Gasteiger partial charge is 0.493 e. The number of hydrogen-bond donors (Lipinski definition) is 0. The van der Waals surface area contributed by atoms with Crippen LogP contribution in [-0.4, -0.2) is 38.2 Å². The molecular weight excluding hydrogens is 354 g/mol. The predicted octanol–water partition coefficient (Wildman–Crippen LogP) is 4.28. The maximum Gasteiger partial charge on any atom is 0.263 e. The molecule has 0 radical (unpaired) electrons. The summed E-state index contributed by atoms with van der Waals surface area (Å²) in [4.78, 5) is 14.5. The summed E-state index contributed by atoms with van der Waals surface area (Å²) in [6.45, 7) is 2.22. The quantitative estimate of drug-likeness (QED) is 0.615. The average Bonchev–Trinajstić information content (AvgIpc) is 2.73. The number of amides is 1. The molecule has 0 unspecified atom stereocenters. The Bertz CT molecular complexity index is 964. The van der Waals surface area contributed by atoms with E-state index in [0.717, 1.165) is 16.3 Å². The lowest BCUT2D eigenvalue weighted by atomic mass is 10.1. The fourth-order valence-electron chi connectivity index (χ4n) is 3.18. The number of fused-ring (bicyclic) bond motifs is 1. The number of likely N-dealkylation sites (N-methyl/N-ethyl adjacent to an activating group) is 1. The number of ether oxygens (including phenoxy) is 3. The molecule has 1 atom stereocenters. The maximum absolute atomic E-state index is 12.8. The van der Waals surface area contributed by atoms with Gasteiger partial charge in [0.2, 0.25) is 0 Å². The van der Waals surface area contributed by atoms with Gasteiger partial charge in [0.25, 0.3) is 5.91 Å². The Balaban J connectivity index is 1.70. The normalized spacial score (nSPS) is 11.7. The van der Waals surface area contributed by atoms with Crippen LogP contribution < -0.4 is 14.2 Å². The predicted molar refractivity (Wildman–Crippen MR) is 110 cm³/mol. The van der Waals surface area contributed by atoms with E-state index in [1.54, 1.807) is 33.1 Å². The first-order valence-corrected chi connectivity index (χ1v) is 9.13. The van der Waals surface area contributed by atoms with Crippen LogP contribution in [0, 0.1) is 0 Å². The topological polar surface area (TPSA) is 48.0 Å². The number of carbonyl (C=O) groups excluding carboxylic acids is 1. The smallest absolute Gasteiger partial charge is 0.263 e. The Hall–Kier alpha value is -3.21. The van der Waals surface area contributed by atoms with Crippen molar-refractivity contribution >= 4 is 16.7 Å². The number of nitrogens with zero attached hydrogens (tertiary/aromatic N) is 1. The Morgan fingerprint density at radius 1 is 0.929 bits per heavy atom. The molecule has 0 N–H and O–H groups in total. The monoisotopic (exact) mass is 379 g/mol. The van der Waals surface area contributed by atoms with Gasteiger partial charge in [0, 0.05) is 19.0 Å².